The van der Waals surface area contributed by atoms with Gasteiger partial charge >= 0.3 is 0 Å². The second-order valence-corrected chi connectivity index (χ2v) is 10.9. The summed E-state index contributed by atoms with van der Waals surface area (Å²) >= 11 is 0. The number of hydrogen-bond donors (Lipinski definition) is 2. The Morgan fingerprint density at radius 1 is 0.957 bits per heavy atom. The van der Waals surface area contributed by atoms with Crippen molar-refractivity contribution in [3.8, 4) is 17.2 Å². The van der Waals surface area contributed by atoms with Gasteiger partial charge in [-0.25, -0.2) is 4.99 Å². The molecular formula is C36H37N5O6. The minimum Gasteiger partial charge on any atom is -0.494 e. The summed E-state index contributed by atoms with van der Waals surface area (Å²) in [5, 5.41) is 16.0. The quantitative estimate of drug-likeness (QED) is 0.0699. The smallest absolute Gasteiger partial charge is 0.252 e. The molecule has 2 N–H and O–H groups in total. The summed E-state index contributed by atoms with van der Waals surface area (Å²) in [6, 6.07) is 29.8. The van der Waals surface area contributed by atoms with Gasteiger partial charge in [-0.05, 0) is 52.6 Å². The van der Waals surface area contributed by atoms with Gasteiger partial charge in [-0.2, -0.15) is 0 Å². The largest absolute Gasteiger partial charge is 0.494 e. The van der Waals surface area contributed by atoms with Crippen LogP contribution in [0.4, 0.5) is 0 Å². The molecule has 5 rings (SSSR count). The number of azide groups is 1. The zero-order chi connectivity index (χ0) is 33.1. The fourth-order valence-corrected chi connectivity index (χ4v) is 5.61. The van der Waals surface area contributed by atoms with Crippen molar-refractivity contribution in [2.45, 2.75) is 37.6 Å². The van der Waals surface area contributed by atoms with E-state index >= 15 is 0 Å². The van der Waals surface area contributed by atoms with Gasteiger partial charge in [0.15, 0.2) is 23.1 Å². The maximum absolute atomic E-state index is 14.7. The number of benzene rings is 4. The van der Waals surface area contributed by atoms with Crippen LogP contribution in [0.3, 0.4) is 0 Å². The van der Waals surface area contributed by atoms with Crippen molar-refractivity contribution in [2.24, 2.45) is 10.1 Å². The van der Waals surface area contributed by atoms with Crippen LogP contribution in [-0.2, 0) is 29.0 Å². The maximum atomic E-state index is 14.7. The summed E-state index contributed by atoms with van der Waals surface area (Å²) in [4.78, 5) is 22.7. The number of carbonyl (C=O) groups excluding carboxylic acids is 1. The van der Waals surface area contributed by atoms with Gasteiger partial charge in [-0.15, -0.1) is 0 Å². The van der Waals surface area contributed by atoms with Gasteiger partial charge in [0.1, 0.15) is 5.75 Å². The fourth-order valence-electron chi connectivity index (χ4n) is 5.61. The molecule has 0 fully saturated rings. The van der Waals surface area contributed by atoms with Crippen molar-refractivity contribution >= 4 is 11.8 Å². The minimum atomic E-state index is -1.45. The lowest BCUT2D eigenvalue weighted by atomic mass is 9.81. The first-order chi connectivity index (χ1) is 23.0. The Balaban J connectivity index is 1.59. The van der Waals surface area contributed by atoms with Crippen molar-refractivity contribution in [3.05, 3.63) is 135 Å². The van der Waals surface area contributed by atoms with Gasteiger partial charge in [0.2, 0.25) is 5.90 Å². The third-order valence-electron chi connectivity index (χ3n) is 7.94. The van der Waals surface area contributed by atoms with Crippen LogP contribution in [0.25, 0.3) is 10.4 Å². The maximum Gasteiger partial charge on any atom is 0.252 e. The van der Waals surface area contributed by atoms with Crippen LogP contribution >= 0.6 is 0 Å². The lowest BCUT2D eigenvalue weighted by Gasteiger charge is -2.31. The number of aliphatic hydroxyl groups is 1. The molecule has 11 heteroatoms. The first-order valence-electron chi connectivity index (χ1n) is 15.2. The molecule has 242 valence electrons. The van der Waals surface area contributed by atoms with E-state index in [1.54, 1.807) is 32.4 Å². The van der Waals surface area contributed by atoms with E-state index < -0.39 is 11.6 Å². The Morgan fingerprint density at radius 2 is 1.68 bits per heavy atom. The Bertz CT molecular complexity index is 1740. The number of aliphatic imine (C=N–C) groups is 1. The molecule has 0 aromatic heterocycles. The Labute approximate surface area is 273 Å². The number of carbonyl (C=O) groups is 1. The number of aliphatic hydroxyl groups excluding tert-OH is 1. The average molecular weight is 636 g/mol. The SMILES string of the molecule is COc1cccc(CNC(=O)[C@]2(Cc3ccccc3CN=[N+]=[N-])N=C(c3ccc(OCCCO)cc3)O[C@@H]2c2ccccc2)c1OC. The van der Waals surface area contributed by atoms with E-state index in [1.165, 1.54) is 0 Å². The van der Waals surface area contributed by atoms with Crippen LogP contribution in [0.5, 0.6) is 17.2 Å². The van der Waals surface area contributed by atoms with Crippen LogP contribution in [0.1, 0.15) is 40.3 Å². The van der Waals surface area contributed by atoms with Gasteiger partial charge in [0, 0.05) is 42.0 Å². The second kappa shape index (κ2) is 15.7. The average Bonchev–Trinajstić information content (AvgIpc) is 3.51. The molecule has 0 spiro atoms. The van der Waals surface area contributed by atoms with E-state index in [2.05, 4.69) is 15.3 Å². The first-order valence-corrected chi connectivity index (χ1v) is 15.2. The molecule has 0 saturated heterocycles. The van der Waals surface area contributed by atoms with E-state index in [-0.39, 0.29) is 32.0 Å². The van der Waals surface area contributed by atoms with E-state index in [0.717, 1.165) is 22.3 Å². The predicted molar refractivity (Wildman–Crippen MR) is 178 cm³/mol. The topological polar surface area (TPSA) is 147 Å². The molecule has 11 nitrogen and oxygen atoms in total. The van der Waals surface area contributed by atoms with E-state index in [1.807, 2.05) is 78.9 Å². The number of methoxy groups -OCH3 is 2. The van der Waals surface area contributed by atoms with Gasteiger partial charge in [0.05, 0.1) is 27.4 Å². The number of rotatable bonds is 15. The van der Waals surface area contributed by atoms with Crippen LogP contribution in [0.15, 0.2) is 107 Å². The Kier molecular flexibility index (Phi) is 11.0. The molecule has 0 unspecified atom stereocenters. The molecular weight excluding hydrogens is 598 g/mol. The number of nitrogens with one attached hydrogen (secondary N) is 1. The highest BCUT2D eigenvalue weighted by Crippen LogP contribution is 2.43. The molecule has 1 heterocycles. The second-order valence-electron chi connectivity index (χ2n) is 10.9. The Hall–Kier alpha value is -5.51. The summed E-state index contributed by atoms with van der Waals surface area (Å²) < 4.78 is 23.4. The summed E-state index contributed by atoms with van der Waals surface area (Å²) in [6.07, 6.45) is -0.105. The van der Waals surface area contributed by atoms with Crippen molar-refractivity contribution in [2.75, 3.05) is 27.4 Å². The summed E-state index contributed by atoms with van der Waals surface area (Å²) in [7, 11) is 3.12. The lowest BCUT2D eigenvalue weighted by molar-refractivity contribution is -0.129. The van der Waals surface area contributed by atoms with Crippen molar-refractivity contribution < 1.29 is 28.8 Å². The van der Waals surface area contributed by atoms with Gasteiger partial charge in [0.25, 0.3) is 5.91 Å². The summed E-state index contributed by atoms with van der Waals surface area (Å²) in [5.74, 6) is 1.67. The van der Waals surface area contributed by atoms with Gasteiger partial charge in [-0.3, -0.25) is 4.79 Å². The Morgan fingerprint density at radius 3 is 2.38 bits per heavy atom. The van der Waals surface area contributed by atoms with E-state index in [0.29, 0.717) is 41.7 Å². The number of para-hydroxylation sites is 1. The first kappa shape index (κ1) is 32.9. The standard InChI is InChI=1S/C36H37N5O6/c1-44-31-15-8-14-29(32(31)45-2)23-38-35(43)36(22-27-12-6-7-13-28(27)24-39-41-37)33(25-10-4-3-5-11-25)47-34(40-36)26-16-18-30(19-17-26)46-21-9-20-42/h3-8,10-19,33,42H,9,20-24H2,1-2H3,(H,38,43)/t33-,36-/m1/s1. The molecule has 0 radical (unpaired) electrons. The fraction of sp³-hybridized carbons (Fsp3) is 0.278. The van der Waals surface area contributed by atoms with Crippen LogP contribution in [-0.4, -0.2) is 49.9 Å². The molecule has 2 atom stereocenters. The van der Waals surface area contributed by atoms with Crippen LogP contribution in [0, 0.1) is 0 Å². The summed E-state index contributed by atoms with van der Waals surface area (Å²) in [6.45, 7) is 0.703. The van der Waals surface area contributed by atoms with E-state index in [4.69, 9.17) is 34.6 Å². The van der Waals surface area contributed by atoms with Gasteiger partial charge in [-0.1, -0.05) is 71.8 Å². The zero-order valence-electron chi connectivity index (χ0n) is 26.3. The number of hydrogen-bond acceptors (Lipinski definition) is 8. The molecule has 0 saturated carbocycles. The summed E-state index contributed by atoms with van der Waals surface area (Å²) in [5.41, 5.74) is 11.4. The van der Waals surface area contributed by atoms with Crippen LogP contribution in [0.2, 0.25) is 0 Å². The van der Waals surface area contributed by atoms with Gasteiger partial charge < -0.3 is 29.4 Å². The van der Waals surface area contributed by atoms with Crippen molar-refractivity contribution in [1.82, 2.24) is 5.32 Å². The number of ether oxygens (including phenoxy) is 4. The normalized spacial score (nSPS) is 16.7. The molecule has 0 bridgehead atoms. The van der Waals surface area contributed by atoms with Crippen molar-refractivity contribution in [1.29, 1.82) is 0 Å². The lowest BCUT2D eigenvalue weighted by Crippen LogP contribution is -2.49. The van der Waals surface area contributed by atoms with Crippen molar-refractivity contribution in [3.63, 3.8) is 0 Å². The highest BCUT2D eigenvalue weighted by molar-refractivity contribution is 6.01. The monoisotopic (exact) mass is 635 g/mol. The molecule has 4 aromatic carbocycles. The molecule has 1 aliphatic heterocycles. The van der Waals surface area contributed by atoms with Crippen LogP contribution < -0.4 is 19.5 Å². The zero-order valence-corrected chi connectivity index (χ0v) is 26.3. The highest BCUT2D eigenvalue weighted by Gasteiger charge is 2.53. The molecule has 1 amide bonds. The minimum absolute atomic E-state index is 0.0460. The third kappa shape index (κ3) is 7.49. The number of nitrogens with zero attached hydrogens (tertiary/aromatic N) is 4. The predicted octanol–water partition coefficient (Wildman–Crippen LogP) is 6.09. The molecule has 4 aromatic rings. The van der Waals surface area contributed by atoms with E-state index in [9.17, 15) is 4.79 Å². The third-order valence-corrected chi connectivity index (χ3v) is 7.94. The number of amides is 1. The molecule has 0 aliphatic carbocycles. The molecule has 1 aliphatic rings. The highest BCUT2D eigenvalue weighted by atomic mass is 16.5. The molecule has 47 heavy (non-hydrogen) atoms.